The zero-order chi connectivity index (χ0) is 15.2. The van der Waals surface area contributed by atoms with E-state index in [4.69, 9.17) is 10.5 Å². The summed E-state index contributed by atoms with van der Waals surface area (Å²) in [5.74, 6) is 1.41. The van der Waals surface area contributed by atoms with Crippen LogP contribution in [0.5, 0.6) is 0 Å². The van der Waals surface area contributed by atoms with E-state index < -0.39 is 0 Å². The molecular weight excluding hydrogens is 407 g/mol. The molecule has 2 saturated heterocycles. The first-order chi connectivity index (χ1) is 10.8. The lowest BCUT2D eigenvalue weighted by Crippen LogP contribution is -2.51. The summed E-state index contributed by atoms with van der Waals surface area (Å²) < 4.78 is 5.68. The fourth-order valence-corrected chi connectivity index (χ4v) is 2.84. The van der Waals surface area contributed by atoms with Gasteiger partial charge in [-0.05, 0) is 25.3 Å². The molecule has 0 amide bonds. The van der Waals surface area contributed by atoms with Crippen molar-refractivity contribution in [1.82, 2.24) is 14.9 Å². The van der Waals surface area contributed by atoms with Gasteiger partial charge >= 0.3 is 0 Å². The van der Waals surface area contributed by atoms with Gasteiger partial charge in [0.2, 0.25) is 5.95 Å². The highest BCUT2D eigenvalue weighted by Gasteiger charge is 2.20. The average molecular weight is 432 g/mol. The van der Waals surface area contributed by atoms with Crippen molar-refractivity contribution in [3.8, 4) is 0 Å². The van der Waals surface area contributed by atoms with Gasteiger partial charge in [-0.15, -0.1) is 24.0 Å². The number of ether oxygens (including phenoxy) is 1. The molecule has 0 bridgehead atoms. The number of aromatic nitrogens is 2. The molecule has 3 heterocycles. The third kappa shape index (κ3) is 5.17. The lowest BCUT2D eigenvalue weighted by molar-refractivity contribution is 0.0223. The van der Waals surface area contributed by atoms with E-state index in [1.807, 2.05) is 6.07 Å². The Kier molecular flexibility index (Phi) is 7.28. The van der Waals surface area contributed by atoms with Crippen LogP contribution in [0.25, 0.3) is 0 Å². The van der Waals surface area contributed by atoms with Crippen LogP contribution in [0.4, 0.5) is 5.95 Å². The van der Waals surface area contributed by atoms with Gasteiger partial charge in [-0.2, -0.15) is 0 Å². The van der Waals surface area contributed by atoms with E-state index in [1.165, 1.54) is 12.8 Å². The van der Waals surface area contributed by atoms with Gasteiger partial charge in [0.15, 0.2) is 5.96 Å². The monoisotopic (exact) mass is 432 g/mol. The maximum Gasteiger partial charge on any atom is 0.225 e. The molecule has 1 unspecified atom stereocenters. The Hall–Kier alpha value is -1.16. The molecule has 0 saturated carbocycles. The number of halogens is 1. The van der Waals surface area contributed by atoms with Crippen LogP contribution in [-0.2, 0) is 4.74 Å². The van der Waals surface area contributed by atoms with Crippen LogP contribution in [0.2, 0.25) is 0 Å². The topological polar surface area (TPSA) is 79.9 Å². The first kappa shape index (κ1) is 18.2. The van der Waals surface area contributed by atoms with Gasteiger partial charge in [0.05, 0.1) is 12.6 Å². The fraction of sp³-hybridized carbons (Fsp3) is 0.667. The van der Waals surface area contributed by atoms with Crippen LogP contribution in [0.3, 0.4) is 0 Å². The second-order valence-electron chi connectivity index (χ2n) is 5.71. The van der Waals surface area contributed by atoms with Crippen LogP contribution in [0.15, 0.2) is 23.5 Å². The zero-order valence-electron chi connectivity index (χ0n) is 13.3. The minimum Gasteiger partial charge on any atom is -0.376 e. The van der Waals surface area contributed by atoms with Gasteiger partial charge in [0, 0.05) is 45.2 Å². The number of aliphatic imine (C=N–C) groups is 1. The highest BCUT2D eigenvalue weighted by Crippen LogP contribution is 2.13. The summed E-state index contributed by atoms with van der Waals surface area (Å²) >= 11 is 0. The molecule has 1 aromatic heterocycles. The molecule has 3 rings (SSSR count). The number of piperazine rings is 1. The number of guanidine groups is 1. The van der Waals surface area contributed by atoms with Gasteiger partial charge in [-0.25, -0.2) is 9.97 Å². The van der Waals surface area contributed by atoms with Crippen LogP contribution in [0, 0.1) is 0 Å². The average Bonchev–Trinajstić information content (AvgIpc) is 2.61. The molecule has 0 aromatic carbocycles. The summed E-state index contributed by atoms with van der Waals surface area (Å²) in [7, 11) is 0. The predicted molar refractivity (Wildman–Crippen MR) is 101 cm³/mol. The van der Waals surface area contributed by atoms with Crippen LogP contribution < -0.4 is 10.6 Å². The number of anilines is 1. The van der Waals surface area contributed by atoms with Gasteiger partial charge in [0.1, 0.15) is 0 Å². The van der Waals surface area contributed by atoms with Crippen LogP contribution in [-0.4, -0.2) is 66.3 Å². The Morgan fingerprint density at radius 3 is 2.61 bits per heavy atom. The fourth-order valence-electron chi connectivity index (χ4n) is 2.84. The van der Waals surface area contributed by atoms with Crippen molar-refractivity contribution in [2.24, 2.45) is 10.7 Å². The first-order valence-corrected chi connectivity index (χ1v) is 8.01. The lowest BCUT2D eigenvalue weighted by Gasteiger charge is -2.35. The van der Waals surface area contributed by atoms with Crippen molar-refractivity contribution in [3.05, 3.63) is 18.5 Å². The molecule has 7 nitrogen and oxygen atoms in total. The number of nitrogens with two attached hydrogens (primary N) is 1. The standard InChI is InChI=1S/C15H24N6O.HI/c16-14(19-12-13-4-1-2-11-22-13)20-7-9-21(10-8-20)15-17-5-3-6-18-15;/h3,5-6,13H,1-2,4,7-12H2,(H2,16,19);1H. The summed E-state index contributed by atoms with van der Waals surface area (Å²) in [5, 5.41) is 0. The maximum atomic E-state index is 6.12. The first-order valence-electron chi connectivity index (χ1n) is 8.01. The Morgan fingerprint density at radius 2 is 1.96 bits per heavy atom. The zero-order valence-corrected chi connectivity index (χ0v) is 15.6. The second-order valence-corrected chi connectivity index (χ2v) is 5.71. The smallest absolute Gasteiger partial charge is 0.225 e. The maximum absolute atomic E-state index is 6.12. The van der Waals surface area contributed by atoms with E-state index in [0.29, 0.717) is 12.5 Å². The van der Waals surface area contributed by atoms with Crippen LogP contribution >= 0.6 is 24.0 Å². The summed E-state index contributed by atoms with van der Waals surface area (Å²) in [6.07, 6.45) is 7.28. The molecule has 23 heavy (non-hydrogen) atoms. The van der Waals surface area contributed by atoms with E-state index in [2.05, 4.69) is 24.8 Å². The number of rotatable bonds is 3. The van der Waals surface area contributed by atoms with Crippen molar-refractivity contribution in [3.63, 3.8) is 0 Å². The Morgan fingerprint density at radius 1 is 1.22 bits per heavy atom. The molecular formula is C15H25IN6O. The van der Waals surface area contributed by atoms with Gasteiger partial charge in [0.25, 0.3) is 0 Å². The normalized spacial score (nSPS) is 22.6. The second kappa shape index (κ2) is 9.21. The molecule has 2 aliphatic rings. The molecule has 0 aliphatic carbocycles. The van der Waals surface area contributed by atoms with E-state index in [9.17, 15) is 0 Å². The molecule has 8 heteroatoms. The molecule has 0 radical (unpaired) electrons. The summed E-state index contributed by atoms with van der Waals surface area (Å²) in [4.78, 5) is 17.4. The summed E-state index contributed by atoms with van der Waals surface area (Å²) in [5.41, 5.74) is 6.12. The van der Waals surface area contributed by atoms with Crippen molar-refractivity contribution >= 4 is 35.9 Å². The molecule has 2 fully saturated rings. The Balaban J connectivity index is 0.00000192. The minimum absolute atomic E-state index is 0. The Bertz CT molecular complexity index is 486. The minimum atomic E-state index is 0. The highest BCUT2D eigenvalue weighted by molar-refractivity contribution is 14.0. The van der Waals surface area contributed by atoms with E-state index in [0.717, 1.165) is 45.2 Å². The molecule has 2 aliphatic heterocycles. The quantitative estimate of drug-likeness (QED) is 0.438. The third-order valence-electron chi connectivity index (χ3n) is 4.17. The third-order valence-corrected chi connectivity index (χ3v) is 4.17. The van der Waals surface area contributed by atoms with E-state index in [-0.39, 0.29) is 30.1 Å². The van der Waals surface area contributed by atoms with E-state index >= 15 is 0 Å². The highest BCUT2D eigenvalue weighted by atomic mass is 127. The van der Waals surface area contributed by atoms with Crippen molar-refractivity contribution in [2.75, 3.05) is 44.2 Å². The molecule has 1 aromatic rings. The summed E-state index contributed by atoms with van der Waals surface area (Å²) in [6, 6.07) is 1.83. The SMILES string of the molecule is I.NC(=NCC1CCCCO1)N1CCN(c2ncccn2)CC1. The molecule has 128 valence electrons. The Labute approximate surface area is 154 Å². The van der Waals surface area contributed by atoms with Crippen molar-refractivity contribution in [2.45, 2.75) is 25.4 Å². The molecule has 1 atom stereocenters. The molecule has 2 N–H and O–H groups in total. The van der Waals surface area contributed by atoms with Gasteiger partial charge < -0.3 is 20.3 Å². The molecule has 0 spiro atoms. The van der Waals surface area contributed by atoms with E-state index in [1.54, 1.807) is 12.4 Å². The lowest BCUT2D eigenvalue weighted by atomic mass is 10.1. The van der Waals surface area contributed by atoms with Gasteiger partial charge in [-0.1, -0.05) is 0 Å². The number of hydrogen-bond donors (Lipinski definition) is 1. The number of nitrogens with zero attached hydrogens (tertiary/aromatic N) is 5. The van der Waals surface area contributed by atoms with Crippen molar-refractivity contribution < 1.29 is 4.74 Å². The largest absolute Gasteiger partial charge is 0.376 e. The van der Waals surface area contributed by atoms with Crippen molar-refractivity contribution in [1.29, 1.82) is 0 Å². The predicted octanol–water partition coefficient (Wildman–Crippen LogP) is 1.10. The van der Waals surface area contributed by atoms with Crippen LogP contribution in [0.1, 0.15) is 19.3 Å². The van der Waals surface area contributed by atoms with Gasteiger partial charge in [-0.3, -0.25) is 4.99 Å². The summed E-state index contributed by atoms with van der Waals surface area (Å²) in [6.45, 7) is 4.95. The number of hydrogen-bond acceptors (Lipinski definition) is 5.